The van der Waals surface area contributed by atoms with Crippen molar-refractivity contribution in [3.05, 3.63) is 0 Å². The summed E-state index contributed by atoms with van der Waals surface area (Å²) >= 11 is 0. The minimum atomic E-state index is 0.287. The van der Waals surface area contributed by atoms with Gasteiger partial charge in [-0.05, 0) is 12.8 Å². The van der Waals surface area contributed by atoms with Gasteiger partial charge in [0, 0.05) is 20.1 Å². The zero-order chi connectivity index (χ0) is 8.85. The number of hydrogen-bond acceptors (Lipinski definition) is 2. The molecule has 2 atom stereocenters. The summed E-state index contributed by atoms with van der Waals surface area (Å²) < 4.78 is 10.4. The summed E-state index contributed by atoms with van der Waals surface area (Å²) in [6.07, 6.45) is 0.287. The Kier molecular flexibility index (Phi) is 5.51. The smallest absolute Gasteiger partial charge is 0.0595 e. The van der Waals surface area contributed by atoms with Crippen molar-refractivity contribution in [3.8, 4) is 0 Å². The maximum Gasteiger partial charge on any atom is 0.0595 e. The molecule has 11 heavy (non-hydrogen) atoms. The fraction of sp³-hybridized carbons (Fsp3) is 1.00. The first-order chi connectivity index (χ1) is 5.13. The van der Waals surface area contributed by atoms with Crippen LogP contribution in [0, 0.1) is 11.8 Å². The molecule has 0 radical (unpaired) electrons. The van der Waals surface area contributed by atoms with Crippen LogP contribution in [0.2, 0.25) is 0 Å². The van der Waals surface area contributed by atoms with Crippen LogP contribution in [-0.4, -0.2) is 26.9 Å². The summed E-state index contributed by atoms with van der Waals surface area (Å²) in [6.45, 7) is 7.26. The standard InChI is InChI=1S/C9H20O2/c1-7(2)9(6-10-4)8(3)11-5/h7-9H,6H2,1-5H3. The Morgan fingerprint density at radius 2 is 1.64 bits per heavy atom. The molecule has 2 heteroatoms. The van der Waals surface area contributed by atoms with E-state index in [2.05, 4.69) is 20.8 Å². The van der Waals surface area contributed by atoms with Crippen LogP contribution in [0.15, 0.2) is 0 Å². The maximum absolute atomic E-state index is 5.25. The second kappa shape index (κ2) is 5.56. The monoisotopic (exact) mass is 160 g/mol. The third-order valence-corrected chi connectivity index (χ3v) is 2.19. The zero-order valence-electron chi connectivity index (χ0n) is 8.26. The van der Waals surface area contributed by atoms with Gasteiger partial charge in [-0.3, -0.25) is 0 Å². The first-order valence-corrected chi connectivity index (χ1v) is 4.15. The third-order valence-electron chi connectivity index (χ3n) is 2.19. The van der Waals surface area contributed by atoms with Crippen LogP contribution < -0.4 is 0 Å². The van der Waals surface area contributed by atoms with Gasteiger partial charge in [-0.15, -0.1) is 0 Å². The van der Waals surface area contributed by atoms with E-state index in [-0.39, 0.29) is 6.10 Å². The average Bonchev–Trinajstić information content (AvgIpc) is 1.98. The van der Waals surface area contributed by atoms with Crippen LogP contribution in [0.1, 0.15) is 20.8 Å². The molecular formula is C9H20O2. The summed E-state index contributed by atoms with van der Waals surface area (Å²) in [4.78, 5) is 0. The van der Waals surface area contributed by atoms with Gasteiger partial charge in [-0.1, -0.05) is 13.8 Å². The SMILES string of the molecule is COCC(C(C)C)C(C)OC. The minimum absolute atomic E-state index is 0.287. The minimum Gasteiger partial charge on any atom is -0.384 e. The molecule has 0 bridgehead atoms. The van der Waals surface area contributed by atoms with Gasteiger partial charge in [-0.25, -0.2) is 0 Å². The van der Waals surface area contributed by atoms with Crippen LogP contribution in [0.4, 0.5) is 0 Å². The highest BCUT2D eigenvalue weighted by Crippen LogP contribution is 2.17. The Balaban J connectivity index is 3.87. The predicted molar refractivity (Wildman–Crippen MR) is 46.7 cm³/mol. The Morgan fingerprint density at radius 1 is 1.09 bits per heavy atom. The van der Waals surface area contributed by atoms with Crippen molar-refractivity contribution in [2.45, 2.75) is 26.9 Å². The lowest BCUT2D eigenvalue weighted by Crippen LogP contribution is -2.28. The molecule has 68 valence electrons. The molecule has 0 aliphatic heterocycles. The molecule has 2 unspecified atom stereocenters. The predicted octanol–water partition coefficient (Wildman–Crippen LogP) is 1.94. The topological polar surface area (TPSA) is 18.5 Å². The molecule has 2 nitrogen and oxygen atoms in total. The van der Waals surface area contributed by atoms with Gasteiger partial charge in [0.25, 0.3) is 0 Å². The van der Waals surface area contributed by atoms with Crippen LogP contribution >= 0.6 is 0 Å². The second-order valence-electron chi connectivity index (χ2n) is 3.30. The van der Waals surface area contributed by atoms with Gasteiger partial charge in [0.05, 0.1) is 12.7 Å². The van der Waals surface area contributed by atoms with E-state index in [1.165, 1.54) is 0 Å². The van der Waals surface area contributed by atoms with Crippen LogP contribution in [0.3, 0.4) is 0 Å². The van der Waals surface area contributed by atoms with Crippen LogP contribution in [0.25, 0.3) is 0 Å². The molecule has 0 aromatic rings. The van der Waals surface area contributed by atoms with Crippen molar-refractivity contribution < 1.29 is 9.47 Å². The molecule has 0 fully saturated rings. The molecule has 0 spiro atoms. The van der Waals surface area contributed by atoms with E-state index in [4.69, 9.17) is 9.47 Å². The zero-order valence-corrected chi connectivity index (χ0v) is 8.26. The van der Waals surface area contributed by atoms with Crippen molar-refractivity contribution in [2.24, 2.45) is 11.8 Å². The van der Waals surface area contributed by atoms with Crippen molar-refractivity contribution in [3.63, 3.8) is 0 Å². The summed E-state index contributed by atoms with van der Waals surface area (Å²) in [5.41, 5.74) is 0. The number of methoxy groups -OCH3 is 2. The number of hydrogen-bond donors (Lipinski definition) is 0. The Morgan fingerprint density at radius 3 is 1.91 bits per heavy atom. The number of rotatable bonds is 5. The molecule has 0 N–H and O–H groups in total. The molecule has 0 saturated carbocycles. The highest BCUT2D eigenvalue weighted by molar-refractivity contribution is 4.68. The van der Waals surface area contributed by atoms with Gasteiger partial charge >= 0.3 is 0 Å². The molecule has 0 rings (SSSR count). The van der Waals surface area contributed by atoms with E-state index in [0.29, 0.717) is 11.8 Å². The largest absolute Gasteiger partial charge is 0.384 e. The third kappa shape index (κ3) is 3.73. The highest BCUT2D eigenvalue weighted by atomic mass is 16.5. The quantitative estimate of drug-likeness (QED) is 0.612. The van der Waals surface area contributed by atoms with E-state index in [1.54, 1.807) is 14.2 Å². The normalized spacial score (nSPS) is 16.9. The molecule has 0 amide bonds. The lowest BCUT2D eigenvalue weighted by atomic mass is 9.92. The summed E-state index contributed by atoms with van der Waals surface area (Å²) in [7, 11) is 3.48. The Labute approximate surface area is 69.9 Å². The molecule has 0 aliphatic rings. The summed E-state index contributed by atoms with van der Waals surface area (Å²) in [6, 6.07) is 0. The van der Waals surface area contributed by atoms with Crippen LogP contribution in [-0.2, 0) is 9.47 Å². The highest BCUT2D eigenvalue weighted by Gasteiger charge is 2.19. The van der Waals surface area contributed by atoms with Crippen molar-refractivity contribution in [2.75, 3.05) is 20.8 Å². The maximum atomic E-state index is 5.25. The lowest BCUT2D eigenvalue weighted by molar-refractivity contribution is 0.00571. The summed E-state index contributed by atoms with van der Waals surface area (Å²) in [5, 5.41) is 0. The van der Waals surface area contributed by atoms with Crippen LogP contribution in [0.5, 0.6) is 0 Å². The Bertz CT molecular complexity index is 91.6. The van der Waals surface area contributed by atoms with Gasteiger partial charge in [-0.2, -0.15) is 0 Å². The first kappa shape index (κ1) is 10.9. The molecule has 0 aromatic heterocycles. The molecule has 0 heterocycles. The van der Waals surface area contributed by atoms with Crippen molar-refractivity contribution in [1.29, 1.82) is 0 Å². The molecule has 0 aromatic carbocycles. The van der Waals surface area contributed by atoms with Gasteiger partial charge in [0.1, 0.15) is 0 Å². The van der Waals surface area contributed by atoms with E-state index in [0.717, 1.165) is 6.61 Å². The average molecular weight is 160 g/mol. The van der Waals surface area contributed by atoms with E-state index in [9.17, 15) is 0 Å². The lowest BCUT2D eigenvalue weighted by Gasteiger charge is -2.25. The van der Waals surface area contributed by atoms with E-state index in [1.807, 2.05) is 0 Å². The fourth-order valence-corrected chi connectivity index (χ4v) is 1.24. The van der Waals surface area contributed by atoms with Crippen molar-refractivity contribution >= 4 is 0 Å². The van der Waals surface area contributed by atoms with Crippen molar-refractivity contribution in [1.82, 2.24) is 0 Å². The molecule has 0 saturated heterocycles. The fourth-order valence-electron chi connectivity index (χ4n) is 1.24. The van der Waals surface area contributed by atoms with E-state index >= 15 is 0 Å². The first-order valence-electron chi connectivity index (χ1n) is 4.15. The molecular weight excluding hydrogens is 140 g/mol. The van der Waals surface area contributed by atoms with Gasteiger partial charge in [0.2, 0.25) is 0 Å². The second-order valence-corrected chi connectivity index (χ2v) is 3.30. The molecule has 0 aliphatic carbocycles. The summed E-state index contributed by atoms with van der Waals surface area (Å²) in [5.74, 6) is 1.12. The number of ether oxygens (including phenoxy) is 2. The van der Waals surface area contributed by atoms with Gasteiger partial charge in [0.15, 0.2) is 0 Å². The van der Waals surface area contributed by atoms with E-state index < -0.39 is 0 Å². The van der Waals surface area contributed by atoms with Gasteiger partial charge < -0.3 is 9.47 Å². The Hall–Kier alpha value is -0.0800.